The molecule has 5 heteroatoms. The molecule has 0 spiro atoms. The minimum atomic E-state index is -4.42. The Morgan fingerprint density at radius 2 is 1.87 bits per heavy atom. The molecule has 15 heavy (non-hydrogen) atoms. The van der Waals surface area contributed by atoms with Gasteiger partial charge in [0.25, 0.3) is 0 Å². The van der Waals surface area contributed by atoms with E-state index in [-0.39, 0.29) is 12.4 Å². The lowest BCUT2D eigenvalue weighted by atomic mass is 10.2. The number of hydrogen-bond donors (Lipinski definition) is 0. The highest BCUT2D eigenvalue weighted by atomic mass is 19.4. The molecule has 0 bridgehead atoms. The minimum absolute atomic E-state index is 0.256. The van der Waals surface area contributed by atoms with E-state index in [1.54, 1.807) is 0 Å². The van der Waals surface area contributed by atoms with Gasteiger partial charge in [-0.2, -0.15) is 18.1 Å². The molecule has 0 unspecified atom stereocenters. The van der Waals surface area contributed by atoms with Crippen LogP contribution in [0.3, 0.4) is 0 Å². The molecule has 2 nitrogen and oxygen atoms in total. The Kier molecular flexibility index (Phi) is 3.96. The van der Waals surface area contributed by atoms with Gasteiger partial charge in [-0.3, -0.25) is 0 Å². The second kappa shape index (κ2) is 5.02. The second-order valence-electron chi connectivity index (χ2n) is 2.90. The Morgan fingerprint density at radius 1 is 1.20 bits per heavy atom. The van der Waals surface area contributed by atoms with E-state index in [1.165, 1.54) is 18.2 Å². The summed E-state index contributed by atoms with van der Waals surface area (Å²) in [5.41, 5.74) is -0.832. The molecule has 0 saturated heterocycles. The van der Waals surface area contributed by atoms with Crippen LogP contribution in [0, 0.1) is 0 Å². The van der Waals surface area contributed by atoms with Gasteiger partial charge >= 0.3 is 6.18 Å². The second-order valence-corrected chi connectivity index (χ2v) is 2.90. The molecule has 1 rings (SSSR count). The zero-order chi connectivity index (χ0) is 11.3. The maximum Gasteiger partial charge on any atom is 0.420 e. The molecule has 1 aromatic rings. The van der Waals surface area contributed by atoms with Gasteiger partial charge in [0.2, 0.25) is 0 Å². The fourth-order valence-corrected chi connectivity index (χ4v) is 0.962. The summed E-state index contributed by atoms with van der Waals surface area (Å²) in [7, 11) is 0. The Morgan fingerprint density at radius 3 is 2.47 bits per heavy atom. The molecule has 0 aliphatic heterocycles. The van der Waals surface area contributed by atoms with Gasteiger partial charge < -0.3 is 4.89 Å². The van der Waals surface area contributed by atoms with Crippen molar-refractivity contribution in [2.75, 3.05) is 6.61 Å². The molecule has 0 atom stereocenters. The van der Waals surface area contributed by atoms with Crippen LogP contribution in [-0.2, 0) is 11.1 Å². The summed E-state index contributed by atoms with van der Waals surface area (Å²) in [6.45, 7) is 2.09. The fraction of sp³-hybridized carbons (Fsp3) is 0.400. The fourth-order valence-electron chi connectivity index (χ4n) is 0.962. The van der Waals surface area contributed by atoms with Crippen molar-refractivity contribution in [1.82, 2.24) is 0 Å². The molecular weight excluding hydrogens is 209 g/mol. The van der Waals surface area contributed by atoms with Crippen LogP contribution in [-0.4, -0.2) is 6.61 Å². The highest BCUT2D eigenvalue weighted by Crippen LogP contribution is 2.35. The largest absolute Gasteiger partial charge is 0.420 e. The number of rotatable bonds is 4. The Hall–Kier alpha value is -1.23. The lowest BCUT2D eigenvalue weighted by Gasteiger charge is -2.11. The Labute approximate surface area is 85.5 Å². The van der Waals surface area contributed by atoms with E-state index >= 15 is 0 Å². The number of benzene rings is 1. The first-order valence-corrected chi connectivity index (χ1v) is 4.51. The number of para-hydroxylation sites is 1. The van der Waals surface area contributed by atoms with Crippen LogP contribution in [0.25, 0.3) is 0 Å². The molecule has 0 radical (unpaired) electrons. The third kappa shape index (κ3) is 3.43. The first kappa shape index (κ1) is 11.8. The van der Waals surface area contributed by atoms with Crippen LogP contribution in [0.4, 0.5) is 13.2 Å². The van der Waals surface area contributed by atoms with Gasteiger partial charge in [0.15, 0.2) is 5.75 Å². The van der Waals surface area contributed by atoms with Crippen LogP contribution < -0.4 is 4.89 Å². The predicted molar refractivity (Wildman–Crippen MR) is 48.3 cm³/mol. The number of hydrogen-bond acceptors (Lipinski definition) is 2. The SMILES string of the molecule is CCCOOc1ccccc1C(F)(F)F. The molecule has 0 saturated carbocycles. The lowest BCUT2D eigenvalue weighted by molar-refractivity contribution is -0.213. The molecule has 0 N–H and O–H groups in total. The van der Waals surface area contributed by atoms with Crippen molar-refractivity contribution in [1.29, 1.82) is 0 Å². The van der Waals surface area contributed by atoms with Crippen LogP contribution in [0.15, 0.2) is 24.3 Å². The van der Waals surface area contributed by atoms with E-state index in [2.05, 4.69) is 9.78 Å². The van der Waals surface area contributed by atoms with Crippen molar-refractivity contribution >= 4 is 0 Å². The molecule has 0 heterocycles. The van der Waals surface area contributed by atoms with E-state index < -0.39 is 11.7 Å². The van der Waals surface area contributed by atoms with Crippen molar-refractivity contribution in [3.05, 3.63) is 29.8 Å². The van der Waals surface area contributed by atoms with Gasteiger partial charge in [0.05, 0.1) is 6.61 Å². The molecule has 84 valence electrons. The summed E-state index contributed by atoms with van der Waals surface area (Å²) >= 11 is 0. The molecule has 0 aliphatic rings. The van der Waals surface area contributed by atoms with E-state index in [1.807, 2.05) is 6.92 Å². The van der Waals surface area contributed by atoms with Gasteiger partial charge in [-0.1, -0.05) is 19.1 Å². The summed E-state index contributed by atoms with van der Waals surface area (Å²) in [4.78, 5) is 9.19. The Bertz CT molecular complexity index is 310. The van der Waals surface area contributed by atoms with E-state index in [9.17, 15) is 13.2 Å². The molecule has 0 aliphatic carbocycles. The van der Waals surface area contributed by atoms with Crippen LogP contribution in [0.5, 0.6) is 5.75 Å². The van der Waals surface area contributed by atoms with Gasteiger partial charge in [-0.25, -0.2) is 0 Å². The first-order chi connectivity index (χ1) is 7.05. The van der Waals surface area contributed by atoms with Crippen LogP contribution >= 0.6 is 0 Å². The minimum Gasteiger partial charge on any atom is -0.337 e. The topological polar surface area (TPSA) is 18.5 Å². The normalized spacial score (nSPS) is 11.5. The van der Waals surface area contributed by atoms with Crippen molar-refractivity contribution < 1.29 is 22.9 Å². The van der Waals surface area contributed by atoms with E-state index in [4.69, 9.17) is 0 Å². The standard InChI is InChI=1S/C10H11F3O2/c1-2-7-14-15-9-6-4-3-5-8(9)10(11,12)13/h3-6H,2,7H2,1H3. The number of halogens is 3. The van der Waals surface area contributed by atoms with Gasteiger partial charge in [-0.15, -0.1) is 0 Å². The smallest absolute Gasteiger partial charge is 0.337 e. The third-order valence-corrected chi connectivity index (χ3v) is 1.63. The van der Waals surface area contributed by atoms with Gasteiger partial charge in [0.1, 0.15) is 5.56 Å². The first-order valence-electron chi connectivity index (χ1n) is 4.51. The highest BCUT2D eigenvalue weighted by molar-refractivity contribution is 5.34. The van der Waals surface area contributed by atoms with E-state index in [0.29, 0.717) is 6.42 Å². The Balaban J connectivity index is 2.78. The molecule has 0 aromatic heterocycles. The summed E-state index contributed by atoms with van der Waals surface area (Å²) in [5.74, 6) is -0.307. The zero-order valence-electron chi connectivity index (χ0n) is 8.17. The van der Waals surface area contributed by atoms with Crippen molar-refractivity contribution in [3.8, 4) is 5.75 Å². The highest BCUT2D eigenvalue weighted by Gasteiger charge is 2.34. The average Bonchev–Trinajstić information content (AvgIpc) is 2.17. The van der Waals surface area contributed by atoms with Crippen molar-refractivity contribution in [2.45, 2.75) is 19.5 Å². The average molecular weight is 220 g/mol. The third-order valence-electron chi connectivity index (χ3n) is 1.63. The maximum absolute atomic E-state index is 12.4. The van der Waals surface area contributed by atoms with Crippen molar-refractivity contribution in [3.63, 3.8) is 0 Å². The molecular formula is C10H11F3O2. The predicted octanol–water partition coefficient (Wildman–Crippen LogP) is 3.43. The van der Waals surface area contributed by atoms with Gasteiger partial charge in [-0.05, 0) is 18.6 Å². The summed E-state index contributed by atoms with van der Waals surface area (Å²) in [6, 6.07) is 4.93. The maximum atomic E-state index is 12.4. The monoisotopic (exact) mass is 220 g/mol. The van der Waals surface area contributed by atoms with Gasteiger partial charge in [0, 0.05) is 0 Å². The summed E-state index contributed by atoms with van der Waals surface area (Å²) in [5, 5.41) is 0. The molecule has 0 fully saturated rings. The quantitative estimate of drug-likeness (QED) is 0.439. The zero-order valence-corrected chi connectivity index (χ0v) is 8.17. The van der Waals surface area contributed by atoms with Crippen molar-refractivity contribution in [2.24, 2.45) is 0 Å². The molecule has 0 amide bonds. The molecule has 1 aromatic carbocycles. The van der Waals surface area contributed by atoms with Crippen LogP contribution in [0.2, 0.25) is 0 Å². The summed E-state index contributed by atoms with van der Waals surface area (Å²) < 4.78 is 37.3. The number of alkyl halides is 3. The van der Waals surface area contributed by atoms with Crippen LogP contribution in [0.1, 0.15) is 18.9 Å². The lowest BCUT2D eigenvalue weighted by Crippen LogP contribution is -2.09. The van der Waals surface area contributed by atoms with E-state index in [0.717, 1.165) is 6.07 Å². The summed E-state index contributed by atoms with van der Waals surface area (Å²) in [6.07, 6.45) is -3.75.